The molecule has 10 nitrogen and oxygen atoms in total. The second kappa shape index (κ2) is 10.6. The third kappa shape index (κ3) is 5.44. The van der Waals surface area contributed by atoms with E-state index in [1.54, 1.807) is 18.2 Å². The number of sulfonamides is 1. The monoisotopic (exact) mass is 490 g/mol. The van der Waals surface area contributed by atoms with Crippen LogP contribution in [0.1, 0.15) is 0 Å². The lowest BCUT2D eigenvalue weighted by molar-refractivity contribution is -0.117. The van der Waals surface area contributed by atoms with Gasteiger partial charge >= 0.3 is 0 Å². The number of nitrogens with zero attached hydrogens (tertiary/aromatic N) is 3. The van der Waals surface area contributed by atoms with Crippen molar-refractivity contribution in [2.45, 2.75) is 4.90 Å². The van der Waals surface area contributed by atoms with E-state index >= 15 is 0 Å². The van der Waals surface area contributed by atoms with Gasteiger partial charge in [0.25, 0.3) is 0 Å². The Morgan fingerprint density at radius 2 is 1.76 bits per heavy atom. The molecule has 2 N–H and O–H groups in total. The molecule has 2 fully saturated rings. The number of aromatic hydroxyl groups is 1. The highest BCUT2D eigenvalue weighted by atomic mass is 32.2. The van der Waals surface area contributed by atoms with Crippen LogP contribution >= 0.6 is 0 Å². The van der Waals surface area contributed by atoms with E-state index < -0.39 is 10.0 Å². The minimum Gasteiger partial charge on any atom is -0.506 e. The molecule has 2 aromatic carbocycles. The van der Waals surface area contributed by atoms with Gasteiger partial charge in [-0.2, -0.15) is 4.31 Å². The zero-order chi connectivity index (χ0) is 24.1. The van der Waals surface area contributed by atoms with E-state index in [0.29, 0.717) is 63.9 Å². The topological polar surface area (TPSA) is 112 Å². The third-order valence-corrected chi connectivity index (χ3v) is 7.91. The number of hydrogen-bond donors (Lipinski definition) is 2. The summed E-state index contributed by atoms with van der Waals surface area (Å²) in [7, 11) is -2.23. The van der Waals surface area contributed by atoms with Crippen LogP contribution in [0.15, 0.2) is 47.4 Å². The van der Waals surface area contributed by atoms with Crippen LogP contribution in [0.25, 0.3) is 0 Å². The highest BCUT2D eigenvalue weighted by Crippen LogP contribution is 2.30. The lowest BCUT2D eigenvalue weighted by Gasteiger charge is -2.35. The Morgan fingerprint density at radius 1 is 1.06 bits per heavy atom. The number of phenols is 1. The number of hydrogen-bond acceptors (Lipinski definition) is 8. The Bertz CT molecular complexity index is 1110. The Hall–Kier alpha value is -2.86. The van der Waals surface area contributed by atoms with E-state index in [1.165, 1.54) is 23.5 Å². The number of amides is 1. The van der Waals surface area contributed by atoms with Gasteiger partial charge in [-0.25, -0.2) is 8.42 Å². The Labute approximate surface area is 199 Å². The number of piperazine rings is 1. The van der Waals surface area contributed by atoms with Gasteiger partial charge in [0.2, 0.25) is 15.9 Å². The molecule has 184 valence electrons. The maximum absolute atomic E-state index is 13.0. The van der Waals surface area contributed by atoms with Crippen molar-refractivity contribution in [3.63, 3.8) is 0 Å². The number of para-hydroxylation sites is 2. The van der Waals surface area contributed by atoms with Crippen molar-refractivity contribution < 1.29 is 27.8 Å². The fourth-order valence-electron chi connectivity index (χ4n) is 4.15. The number of anilines is 2. The number of carbonyl (C=O) groups is 1. The molecule has 2 saturated heterocycles. The average molecular weight is 491 g/mol. The van der Waals surface area contributed by atoms with E-state index in [4.69, 9.17) is 9.47 Å². The molecule has 2 aliphatic heterocycles. The summed E-state index contributed by atoms with van der Waals surface area (Å²) in [6.45, 7) is 4.15. The molecule has 0 unspecified atom stereocenters. The number of nitrogens with one attached hydrogen (secondary N) is 1. The molecule has 4 rings (SSSR count). The Morgan fingerprint density at radius 3 is 2.44 bits per heavy atom. The van der Waals surface area contributed by atoms with Crippen LogP contribution in [0.2, 0.25) is 0 Å². The molecule has 34 heavy (non-hydrogen) atoms. The molecule has 0 bridgehead atoms. The third-order valence-electron chi connectivity index (χ3n) is 6.01. The second-order valence-electron chi connectivity index (χ2n) is 8.18. The predicted molar refractivity (Wildman–Crippen MR) is 128 cm³/mol. The van der Waals surface area contributed by atoms with Crippen LogP contribution in [-0.2, 0) is 19.6 Å². The second-order valence-corrected chi connectivity index (χ2v) is 10.1. The zero-order valence-corrected chi connectivity index (χ0v) is 20.0. The van der Waals surface area contributed by atoms with Gasteiger partial charge in [0, 0.05) is 39.3 Å². The first kappa shape index (κ1) is 24.3. The minimum atomic E-state index is -3.70. The van der Waals surface area contributed by atoms with Crippen LogP contribution in [0.5, 0.6) is 11.5 Å². The molecule has 2 heterocycles. The molecule has 0 spiro atoms. The SMILES string of the molecule is COc1ccc(S(=O)(=O)N2CCOCC2)cc1NC(=O)CN1CCN(c2ccccc2O)CC1. The number of ether oxygens (including phenoxy) is 2. The summed E-state index contributed by atoms with van der Waals surface area (Å²) in [5, 5.41) is 12.9. The first-order valence-electron chi connectivity index (χ1n) is 11.2. The van der Waals surface area contributed by atoms with Crippen LogP contribution in [0, 0.1) is 0 Å². The van der Waals surface area contributed by atoms with E-state index in [9.17, 15) is 18.3 Å². The smallest absolute Gasteiger partial charge is 0.243 e. The molecule has 1 amide bonds. The lowest BCUT2D eigenvalue weighted by Crippen LogP contribution is -2.48. The fraction of sp³-hybridized carbons (Fsp3) is 0.435. The minimum absolute atomic E-state index is 0.0989. The largest absolute Gasteiger partial charge is 0.506 e. The normalized spacial score (nSPS) is 18.0. The summed E-state index contributed by atoms with van der Waals surface area (Å²) >= 11 is 0. The number of rotatable bonds is 7. The van der Waals surface area contributed by atoms with Crippen molar-refractivity contribution in [2.75, 3.05) is 76.4 Å². The standard InChI is InChI=1S/C23H30N4O6S/c1-32-22-7-6-18(34(30,31)27-12-14-33-15-13-27)16-19(22)24-23(29)17-25-8-10-26(11-9-25)20-4-2-3-5-21(20)28/h2-7,16,28H,8-15,17H2,1H3,(H,24,29). The maximum Gasteiger partial charge on any atom is 0.243 e. The number of benzene rings is 2. The van der Waals surface area contributed by atoms with Gasteiger partial charge in [-0.05, 0) is 30.3 Å². The van der Waals surface area contributed by atoms with E-state index in [1.807, 2.05) is 17.0 Å². The van der Waals surface area contributed by atoms with Crippen LogP contribution in [0.4, 0.5) is 11.4 Å². The summed E-state index contributed by atoms with van der Waals surface area (Å²) in [5.41, 5.74) is 1.10. The molecule has 0 saturated carbocycles. The van der Waals surface area contributed by atoms with Crippen molar-refractivity contribution >= 4 is 27.3 Å². The Balaban J connectivity index is 1.39. The zero-order valence-electron chi connectivity index (χ0n) is 19.1. The van der Waals surface area contributed by atoms with Gasteiger partial charge in [-0.15, -0.1) is 0 Å². The molecule has 2 aromatic rings. The van der Waals surface area contributed by atoms with Gasteiger partial charge in [0.05, 0.1) is 43.1 Å². The number of morpholine rings is 1. The molecule has 0 aliphatic carbocycles. The van der Waals surface area contributed by atoms with Crippen molar-refractivity contribution in [3.8, 4) is 11.5 Å². The van der Waals surface area contributed by atoms with E-state index in [0.717, 1.165) is 5.69 Å². The van der Waals surface area contributed by atoms with Gasteiger partial charge in [0.1, 0.15) is 11.5 Å². The summed E-state index contributed by atoms with van der Waals surface area (Å²) in [6, 6.07) is 11.7. The number of carbonyl (C=O) groups excluding carboxylic acids is 1. The first-order chi connectivity index (χ1) is 16.4. The van der Waals surface area contributed by atoms with Gasteiger partial charge in [-0.1, -0.05) is 12.1 Å². The maximum atomic E-state index is 13.0. The highest BCUT2D eigenvalue weighted by Gasteiger charge is 2.27. The highest BCUT2D eigenvalue weighted by molar-refractivity contribution is 7.89. The molecular formula is C23H30N4O6S. The Kier molecular flexibility index (Phi) is 7.57. The number of phenolic OH excluding ortho intramolecular Hbond substituents is 1. The molecule has 0 aromatic heterocycles. The van der Waals surface area contributed by atoms with Crippen molar-refractivity contribution in [1.29, 1.82) is 0 Å². The van der Waals surface area contributed by atoms with E-state index in [-0.39, 0.29) is 23.1 Å². The quantitative estimate of drug-likeness (QED) is 0.595. The lowest BCUT2D eigenvalue weighted by atomic mass is 10.2. The first-order valence-corrected chi connectivity index (χ1v) is 12.6. The van der Waals surface area contributed by atoms with Crippen LogP contribution in [-0.4, -0.2) is 94.8 Å². The van der Waals surface area contributed by atoms with Gasteiger partial charge in [-0.3, -0.25) is 9.69 Å². The summed E-state index contributed by atoms with van der Waals surface area (Å²) in [5.74, 6) is 0.376. The van der Waals surface area contributed by atoms with Crippen LogP contribution in [0.3, 0.4) is 0 Å². The predicted octanol–water partition coefficient (Wildman–Crippen LogP) is 1.18. The molecular weight excluding hydrogens is 460 g/mol. The summed E-state index contributed by atoms with van der Waals surface area (Å²) in [6.07, 6.45) is 0. The summed E-state index contributed by atoms with van der Waals surface area (Å²) in [4.78, 5) is 17.0. The van der Waals surface area contributed by atoms with Gasteiger partial charge < -0.3 is 24.8 Å². The molecule has 11 heteroatoms. The molecule has 2 aliphatic rings. The van der Waals surface area contributed by atoms with Crippen molar-refractivity contribution in [3.05, 3.63) is 42.5 Å². The van der Waals surface area contributed by atoms with Crippen molar-refractivity contribution in [1.82, 2.24) is 9.21 Å². The molecule has 0 atom stereocenters. The number of methoxy groups -OCH3 is 1. The molecule has 0 radical (unpaired) electrons. The average Bonchev–Trinajstić information content (AvgIpc) is 2.85. The van der Waals surface area contributed by atoms with Gasteiger partial charge in [0.15, 0.2) is 0 Å². The van der Waals surface area contributed by atoms with E-state index in [2.05, 4.69) is 10.2 Å². The fourth-order valence-corrected chi connectivity index (χ4v) is 5.59. The van der Waals surface area contributed by atoms with Crippen molar-refractivity contribution in [2.24, 2.45) is 0 Å². The summed E-state index contributed by atoms with van der Waals surface area (Å²) < 4.78 is 38.0. The van der Waals surface area contributed by atoms with Crippen LogP contribution < -0.4 is 15.0 Å².